The Kier molecular flexibility index (Phi) is 3.70. The van der Waals surface area contributed by atoms with Crippen LogP contribution in [0.3, 0.4) is 0 Å². The lowest BCUT2D eigenvalue weighted by molar-refractivity contribution is 0.310. The van der Waals surface area contributed by atoms with Crippen LogP contribution in [-0.4, -0.2) is 36.1 Å². The minimum atomic E-state index is 0.742. The molecule has 0 radical (unpaired) electrons. The number of hydrogen-bond acceptors (Lipinski definition) is 3. The normalized spacial score (nSPS) is 17.2. The molecule has 0 bridgehead atoms. The van der Waals surface area contributed by atoms with Gasteiger partial charge in [0, 0.05) is 31.9 Å². The highest BCUT2D eigenvalue weighted by Crippen LogP contribution is 2.20. The third-order valence-electron chi connectivity index (χ3n) is 2.96. The zero-order valence-electron chi connectivity index (χ0n) is 9.82. The van der Waals surface area contributed by atoms with Crippen LogP contribution < -0.4 is 5.73 Å². The van der Waals surface area contributed by atoms with E-state index in [1.54, 1.807) is 0 Å². The van der Waals surface area contributed by atoms with Crippen LogP contribution in [0.4, 0.5) is 0 Å². The van der Waals surface area contributed by atoms with E-state index in [0.29, 0.717) is 0 Å². The summed E-state index contributed by atoms with van der Waals surface area (Å²) in [4.78, 5) is 6.93. The maximum absolute atomic E-state index is 5.55. The van der Waals surface area contributed by atoms with Crippen LogP contribution in [0, 0.1) is 6.92 Å². The summed E-state index contributed by atoms with van der Waals surface area (Å²) in [7, 11) is 0. The van der Waals surface area contributed by atoms with Gasteiger partial charge in [-0.2, -0.15) is 0 Å². The van der Waals surface area contributed by atoms with Gasteiger partial charge in [0.15, 0.2) is 0 Å². The highest BCUT2D eigenvalue weighted by molar-refractivity contribution is 5.63. The van der Waals surface area contributed by atoms with Gasteiger partial charge in [0.1, 0.15) is 0 Å². The summed E-state index contributed by atoms with van der Waals surface area (Å²) in [5.74, 6) is 0. The first-order valence-electron chi connectivity index (χ1n) is 5.85. The zero-order valence-corrected chi connectivity index (χ0v) is 9.82. The van der Waals surface area contributed by atoms with Gasteiger partial charge < -0.3 is 5.73 Å². The Hall–Kier alpha value is -1.19. The van der Waals surface area contributed by atoms with Crippen LogP contribution >= 0.6 is 0 Å². The SMILES string of the molecule is Cc1cccc(C2=CCN(CCN)CC2)n1. The Labute approximate surface area is 97.0 Å². The van der Waals surface area contributed by atoms with E-state index in [1.165, 1.54) is 5.57 Å². The van der Waals surface area contributed by atoms with Gasteiger partial charge in [0.05, 0.1) is 5.69 Å². The third-order valence-corrected chi connectivity index (χ3v) is 2.96. The van der Waals surface area contributed by atoms with Crippen LogP contribution in [0.1, 0.15) is 17.8 Å². The Morgan fingerprint density at radius 1 is 1.44 bits per heavy atom. The average molecular weight is 217 g/mol. The Morgan fingerprint density at radius 3 is 2.94 bits per heavy atom. The molecule has 0 fully saturated rings. The van der Waals surface area contributed by atoms with Gasteiger partial charge in [0.25, 0.3) is 0 Å². The largest absolute Gasteiger partial charge is 0.329 e. The Bertz CT molecular complexity index is 385. The summed E-state index contributed by atoms with van der Waals surface area (Å²) < 4.78 is 0. The predicted octanol–water partition coefficient (Wildman–Crippen LogP) is 1.44. The second-order valence-corrected chi connectivity index (χ2v) is 4.23. The van der Waals surface area contributed by atoms with Gasteiger partial charge in [-0.25, -0.2) is 0 Å². The second kappa shape index (κ2) is 5.23. The van der Waals surface area contributed by atoms with Crippen molar-refractivity contribution in [2.45, 2.75) is 13.3 Å². The molecule has 0 aromatic carbocycles. The number of nitrogens with zero attached hydrogens (tertiary/aromatic N) is 2. The summed E-state index contributed by atoms with van der Waals surface area (Å²) >= 11 is 0. The molecule has 0 aliphatic carbocycles. The van der Waals surface area contributed by atoms with Gasteiger partial charge in [-0.3, -0.25) is 9.88 Å². The molecular formula is C13H19N3. The second-order valence-electron chi connectivity index (χ2n) is 4.23. The smallest absolute Gasteiger partial charge is 0.0662 e. The summed E-state index contributed by atoms with van der Waals surface area (Å²) in [6, 6.07) is 6.20. The van der Waals surface area contributed by atoms with E-state index in [9.17, 15) is 0 Å². The molecule has 1 aliphatic heterocycles. The zero-order chi connectivity index (χ0) is 11.4. The molecule has 1 aromatic heterocycles. The van der Waals surface area contributed by atoms with Gasteiger partial charge in [-0.15, -0.1) is 0 Å². The molecule has 2 rings (SSSR count). The first-order valence-corrected chi connectivity index (χ1v) is 5.85. The van der Waals surface area contributed by atoms with E-state index in [4.69, 9.17) is 5.73 Å². The molecule has 3 nitrogen and oxygen atoms in total. The lowest BCUT2D eigenvalue weighted by Crippen LogP contribution is -2.33. The van der Waals surface area contributed by atoms with Crippen molar-refractivity contribution in [1.82, 2.24) is 9.88 Å². The minimum absolute atomic E-state index is 0.742. The highest BCUT2D eigenvalue weighted by Gasteiger charge is 2.12. The fourth-order valence-electron chi connectivity index (χ4n) is 2.05. The van der Waals surface area contributed by atoms with E-state index in [-0.39, 0.29) is 0 Å². The summed E-state index contributed by atoms with van der Waals surface area (Å²) in [5.41, 5.74) is 9.14. The first kappa shape index (κ1) is 11.3. The van der Waals surface area contributed by atoms with Gasteiger partial charge >= 0.3 is 0 Å². The molecule has 1 aromatic rings. The van der Waals surface area contributed by atoms with Crippen LogP contribution in [0.25, 0.3) is 5.57 Å². The van der Waals surface area contributed by atoms with Crippen LogP contribution in [0.2, 0.25) is 0 Å². The molecule has 1 aliphatic rings. The molecule has 0 amide bonds. The quantitative estimate of drug-likeness (QED) is 0.833. The summed E-state index contributed by atoms with van der Waals surface area (Å²) in [6.07, 6.45) is 3.36. The van der Waals surface area contributed by atoms with E-state index in [2.05, 4.69) is 28.1 Å². The fourth-order valence-corrected chi connectivity index (χ4v) is 2.05. The number of rotatable bonds is 3. The first-order chi connectivity index (χ1) is 7.79. The number of hydrogen-bond donors (Lipinski definition) is 1. The topological polar surface area (TPSA) is 42.1 Å². The number of aryl methyl sites for hydroxylation is 1. The lowest BCUT2D eigenvalue weighted by atomic mass is 10.0. The van der Waals surface area contributed by atoms with Gasteiger partial charge in [-0.1, -0.05) is 12.1 Å². The monoisotopic (exact) mass is 217 g/mol. The number of nitrogens with two attached hydrogens (primary N) is 1. The maximum atomic E-state index is 5.55. The molecule has 0 saturated heterocycles. The maximum Gasteiger partial charge on any atom is 0.0662 e. The molecule has 3 heteroatoms. The predicted molar refractivity (Wildman–Crippen MR) is 67.1 cm³/mol. The molecule has 86 valence electrons. The van der Waals surface area contributed by atoms with Crippen molar-refractivity contribution in [3.05, 3.63) is 35.7 Å². The van der Waals surface area contributed by atoms with Crippen LogP contribution in [0.15, 0.2) is 24.3 Å². The van der Waals surface area contributed by atoms with E-state index in [0.717, 1.165) is 44.0 Å². The van der Waals surface area contributed by atoms with Crippen molar-refractivity contribution >= 4 is 5.57 Å². The van der Waals surface area contributed by atoms with Crippen molar-refractivity contribution < 1.29 is 0 Å². The summed E-state index contributed by atoms with van der Waals surface area (Å²) in [6.45, 7) is 5.87. The molecule has 0 saturated carbocycles. The number of aromatic nitrogens is 1. The van der Waals surface area contributed by atoms with E-state index < -0.39 is 0 Å². The molecule has 2 N–H and O–H groups in total. The van der Waals surface area contributed by atoms with E-state index >= 15 is 0 Å². The fraction of sp³-hybridized carbons (Fsp3) is 0.462. The van der Waals surface area contributed by atoms with Crippen LogP contribution in [-0.2, 0) is 0 Å². The van der Waals surface area contributed by atoms with Crippen molar-refractivity contribution in [3.8, 4) is 0 Å². The molecule has 0 atom stereocenters. The molecule has 2 heterocycles. The number of pyridine rings is 1. The molecule has 16 heavy (non-hydrogen) atoms. The Balaban J connectivity index is 2.07. The molecule has 0 unspecified atom stereocenters. The summed E-state index contributed by atoms with van der Waals surface area (Å²) in [5, 5.41) is 0. The van der Waals surface area contributed by atoms with Crippen molar-refractivity contribution in [2.24, 2.45) is 5.73 Å². The van der Waals surface area contributed by atoms with Crippen LogP contribution in [0.5, 0.6) is 0 Å². The van der Waals surface area contributed by atoms with E-state index in [1.807, 2.05) is 13.0 Å². The van der Waals surface area contributed by atoms with Crippen molar-refractivity contribution in [2.75, 3.05) is 26.2 Å². The standard InChI is InChI=1S/C13H19N3/c1-11-3-2-4-13(15-11)12-5-8-16(9-6-12)10-7-14/h2-5H,6-10,14H2,1H3. The van der Waals surface area contributed by atoms with Crippen molar-refractivity contribution in [1.29, 1.82) is 0 Å². The lowest BCUT2D eigenvalue weighted by Gasteiger charge is -2.25. The third kappa shape index (κ3) is 2.68. The Morgan fingerprint density at radius 2 is 2.31 bits per heavy atom. The highest BCUT2D eigenvalue weighted by atomic mass is 15.1. The van der Waals surface area contributed by atoms with Gasteiger partial charge in [-0.05, 0) is 31.1 Å². The molecular weight excluding hydrogens is 198 g/mol. The van der Waals surface area contributed by atoms with Gasteiger partial charge in [0.2, 0.25) is 0 Å². The molecule has 0 spiro atoms. The average Bonchev–Trinajstić information content (AvgIpc) is 2.30. The minimum Gasteiger partial charge on any atom is -0.329 e. The van der Waals surface area contributed by atoms with Crippen molar-refractivity contribution in [3.63, 3.8) is 0 Å².